The molecule has 3 N–H and O–H groups in total. The molecule has 19 heavy (non-hydrogen) atoms. The first kappa shape index (κ1) is 15.9. The number of thiocarbonyl (C=S) groups is 1. The van der Waals surface area contributed by atoms with Gasteiger partial charge in [-0.05, 0) is 37.6 Å². The normalized spacial score (nSPS) is 14.7. The number of nitrogens with one attached hydrogen (secondary N) is 1. The molecule has 0 spiro atoms. The van der Waals surface area contributed by atoms with E-state index in [0.717, 1.165) is 0 Å². The first-order valence-electron chi connectivity index (χ1n) is 5.73. The number of methoxy groups -OCH3 is 1. The number of benzene rings is 1. The highest BCUT2D eigenvalue weighted by molar-refractivity contribution is 7.89. The Labute approximate surface area is 119 Å². The second-order valence-electron chi connectivity index (χ2n) is 4.33. The lowest BCUT2D eigenvalue weighted by atomic mass is 10.0. The zero-order valence-corrected chi connectivity index (χ0v) is 12.8. The average molecular weight is 302 g/mol. The Morgan fingerprint density at radius 1 is 1.42 bits per heavy atom. The molecule has 0 aromatic heterocycles. The summed E-state index contributed by atoms with van der Waals surface area (Å²) < 4.78 is 32.0. The van der Waals surface area contributed by atoms with Gasteiger partial charge in [0.15, 0.2) is 0 Å². The zero-order valence-electron chi connectivity index (χ0n) is 11.1. The van der Waals surface area contributed by atoms with Crippen LogP contribution in [0, 0.1) is 0 Å². The van der Waals surface area contributed by atoms with Crippen LogP contribution in [0.1, 0.15) is 20.3 Å². The Morgan fingerprint density at radius 2 is 1.95 bits per heavy atom. The van der Waals surface area contributed by atoms with Crippen molar-refractivity contribution in [2.75, 3.05) is 7.11 Å². The monoisotopic (exact) mass is 302 g/mol. The molecular formula is C12H18N2O3S2. The van der Waals surface area contributed by atoms with Crippen LogP contribution in [0.2, 0.25) is 0 Å². The fourth-order valence-electron chi connectivity index (χ4n) is 1.41. The molecule has 0 fully saturated rings. The largest absolute Gasteiger partial charge is 0.497 e. The summed E-state index contributed by atoms with van der Waals surface area (Å²) in [5, 5.41) is 0. The van der Waals surface area contributed by atoms with Gasteiger partial charge in [-0.1, -0.05) is 19.1 Å². The molecule has 0 aliphatic carbocycles. The predicted octanol–water partition coefficient (Wildman–Crippen LogP) is 1.43. The van der Waals surface area contributed by atoms with Crippen molar-refractivity contribution in [1.29, 1.82) is 0 Å². The topological polar surface area (TPSA) is 81.4 Å². The molecule has 0 saturated heterocycles. The van der Waals surface area contributed by atoms with Gasteiger partial charge < -0.3 is 10.5 Å². The first-order chi connectivity index (χ1) is 8.75. The lowest BCUT2D eigenvalue weighted by Gasteiger charge is -2.27. The van der Waals surface area contributed by atoms with Crippen LogP contribution in [-0.2, 0) is 10.0 Å². The molecule has 0 saturated carbocycles. The van der Waals surface area contributed by atoms with E-state index in [-0.39, 0.29) is 9.88 Å². The van der Waals surface area contributed by atoms with Crippen molar-refractivity contribution in [1.82, 2.24) is 4.72 Å². The van der Waals surface area contributed by atoms with Crippen molar-refractivity contribution >= 4 is 27.2 Å². The Morgan fingerprint density at radius 3 is 2.32 bits per heavy atom. The summed E-state index contributed by atoms with van der Waals surface area (Å²) >= 11 is 4.92. The van der Waals surface area contributed by atoms with Crippen LogP contribution in [0.3, 0.4) is 0 Å². The third-order valence-electron chi connectivity index (χ3n) is 2.98. The summed E-state index contributed by atoms with van der Waals surface area (Å²) in [6.45, 7) is 3.48. The summed E-state index contributed by atoms with van der Waals surface area (Å²) in [5.41, 5.74) is 4.66. The molecule has 0 amide bonds. The molecule has 7 heteroatoms. The molecule has 5 nitrogen and oxygen atoms in total. The molecule has 1 aromatic carbocycles. The van der Waals surface area contributed by atoms with E-state index < -0.39 is 15.6 Å². The zero-order chi connectivity index (χ0) is 14.7. The van der Waals surface area contributed by atoms with Gasteiger partial charge in [0.25, 0.3) is 0 Å². The van der Waals surface area contributed by atoms with Gasteiger partial charge in [-0.25, -0.2) is 8.42 Å². The highest BCUT2D eigenvalue weighted by atomic mass is 32.2. The minimum absolute atomic E-state index is 0.118. The Bertz CT molecular complexity index is 555. The molecular weight excluding hydrogens is 284 g/mol. The molecule has 1 rings (SSSR count). The van der Waals surface area contributed by atoms with E-state index in [9.17, 15) is 8.42 Å². The van der Waals surface area contributed by atoms with Crippen molar-refractivity contribution < 1.29 is 13.2 Å². The van der Waals surface area contributed by atoms with E-state index in [1.54, 1.807) is 19.1 Å². The minimum Gasteiger partial charge on any atom is -0.497 e. The molecule has 0 aliphatic heterocycles. The third kappa shape index (κ3) is 3.65. The first-order valence-corrected chi connectivity index (χ1v) is 7.62. The van der Waals surface area contributed by atoms with E-state index in [0.29, 0.717) is 12.2 Å². The molecule has 0 aliphatic rings. The van der Waals surface area contributed by atoms with Crippen molar-refractivity contribution in [2.24, 2.45) is 5.73 Å². The number of hydrogen-bond donors (Lipinski definition) is 2. The van der Waals surface area contributed by atoms with E-state index >= 15 is 0 Å². The lowest BCUT2D eigenvalue weighted by Crippen LogP contribution is -2.53. The highest BCUT2D eigenvalue weighted by Gasteiger charge is 2.31. The third-order valence-corrected chi connectivity index (χ3v) is 5.04. The molecule has 0 bridgehead atoms. The molecule has 1 unspecified atom stereocenters. The quantitative estimate of drug-likeness (QED) is 0.777. The van der Waals surface area contributed by atoms with Gasteiger partial charge in [0.1, 0.15) is 5.75 Å². The van der Waals surface area contributed by atoms with Gasteiger partial charge in [-0.15, -0.1) is 0 Å². The fourth-order valence-corrected chi connectivity index (χ4v) is 3.13. The highest BCUT2D eigenvalue weighted by Crippen LogP contribution is 2.19. The minimum atomic E-state index is -3.67. The van der Waals surface area contributed by atoms with Crippen LogP contribution < -0.4 is 15.2 Å². The van der Waals surface area contributed by atoms with E-state index in [1.165, 1.54) is 19.2 Å². The van der Waals surface area contributed by atoms with E-state index in [4.69, 9.17) is 22.7 Å². The Kier molecular flexibility index (Phi) is 4.89. The molecule has 106 valence electrons. The van der Waals surface area contributed by atoms with Gasteiger partial charge in [-0.2, -0.15) is 4.72 Å². The Hall–Kier alpha value is -1.18. The number of rotatable bonds is 6. The van der Waals surface area contributed by atoms with Gasteiger partial charge in [0, 0.05) is 0 Å². The second-order valence-corrected chi connectivity index (χ2v) is 6.45. The van der Waals surface area contributed by atoms with Gasteiger partial charge >= 0.3 is 0 Å². The van der Waals surface area contributed by atoms with E-state index in [1.807, 2.05) is 6.92 Å². The maximum absolute atomic E-state index is 12.2. The van der Waals surface area contributed by atoms with Gasteiger partial charge in [-0.3, -0.25) is 0 Å². The van der Waals surface area contributed by atoms with Crippen LogP contribution in [0.5, 0.6) is 5.75 Å². The van der Waals surface area contributed by atoms with Crippen LogP contribution >= 0.6 is 12.2 Å². The number of ether oxygens (including phenoxy) is 1. The second kappa shape index (κ2) is 5.85. The molecule has 1 aromatic rings. The van der Waals surface area contributed by atoms with Crippen LogP contribution in [0.4, 0.5) is 0 Å². The molecule has 1 atom stereocenters. The summed E-state index contributed by atoms with van der Waals surface area (Å²) in [6.07, 6.45) is 0.470. The maximum atomic E-state index is 12.2. The SMILES string of the molecule is CCC(C)(NS(=O)(=O)c1ccc(OC)cc1)C(N)=S. The molecule has 0 radical (unpaired) electrons. The van der Waals surface area contributed by atoms with Gasteiger partial charge in [0.05, 0.1) is 22.5 Å². The van der Waals surface area contributed by atoms with Crippen LogP contribution in [-0.4, -0.2) is 26.1 Å². The molecule has 0 heterocycles. The summed E-state index contributed by atoms with van der Waals surface area (Å²) in [4.78, 5) is 0.260. The van der Waals surface area contributed by atoms with Crippen LogP contribution in [0.25, 0.3) is 0 Å². The maximum Gasteiger partial charge on any atom is 0.241 e. The summed E-state index contributed by atoms with van der Waals surface area (Å²) in [7, 11) is -2.16. The van der Waals surface area contributed by atoms with Crippen molar-refractivity contribution in [3.05, 3.63) is 24.3 Å². The fraction of sp³-hybridized carbons (Fsp3) is 0.417. The summed E-state index contributed by atoms with van der Waals surface area (Å²) in [6, 6.07) is 6.10. The lowest BCUT2D eigenvalue weighted by molar-refractivity contribution is 0.414. The smallest absolute Gasteiger partial charge is 0.241 e. The predicted molar refractivity (Wildman–Crippen MR) is 78.8 cm³/mol. The van der Waals surface area contributed by atoms with Crippen molar-refractivity contribution in [3.63, 3.8) is 0 Å². The average Bonchev–Trinajstić information content (AvgIpc) is 2.38. The van der Waals surface area contributed by atoms with Gasteiger partial charge in [0.2, 0.25) is 10.0 Å². The van der Waals surface area contributed by atoms with Crippen molar-refractivity contribution in [3.8, 4) is 5.75 Å². The Balaban J connectivity index is 3.07. The van der Waals surface area contributed by atoms with Crippen molar-refractivity contribution in [2.45, 2.75) is 30.7 Å². The summed E-state index contributed by atoms with van der Waals surface area (Å²) in [5.74, 6) is 0.589. The van der Waals surface area contributed by atoms with E-state index in [2.05, 4.69) is 4.72 Å². The number of hydrogen-bond acceptors (Lipinski definition) is 4. The standard InChI is InChI=1S/C12H18N2O3S2/c1-4-12(2,11(13)18)14-19(15,16)10-7-5-9(17-3)6-8-10/h5-8,14H,4H2,1-3H3,(H2,13,18). The number of nitrogens with two attached hydrogens (primary N) is 1. The number of sulfonamides is 1. The van der Waals surface area contributed by atoms with Crippen LogP contribution in [0.15, 0.2) is 29.2 Å².